The molecule has 1 aliphatic heterocycles. The summed E-state index contributed by atoms with van der Waals surface area (Å²) in [4.78, 5) is 4.73. The van der Waals surface area contributed by atoms with Gasteiger partial charge < -0.3 is 15.0 Å². The van der Waals surface area contributed by atoms with E-state index in [0.29, 0.717) is 0 Å². The summed E-state index contributed by atoms with van der Waals surface area (Å²) in [5, 5.41) is 4.19. The predicted octanol–water partition coefficient (Wildman–Crippen LogP) is 2.23. The summed E-state index contributed by atoms with van der Waals surface area (Å²) < 4.78 is 5.04. The highest BCUT2D eigenvalue weighted by atomic mass is 32.1. The maximum absolute atomic E-state index is 5.46. The Hall–Kier alpha value is -1.43. The van der Waals surface area contributed by atoms with E-state index in [-0.39, 0.29) is 0 Å². The van der Waals surface area contributed by atoms with Crippen LogP contribution in [0.25, 0.3) is 6.08 Å². The highest BCUT2D eigenvalue weighted by Gasteiger charge is 2.17. The van der Waals surface area contributed by atoms with Gasteiger partial charge in [0.15, 0.2) is 5.11 Å². The molecule has 0 spiro atoms. The van der Waals surface area contributed by atoms with Gasteiger partial charge >= 0.3 is 0 Å². The first kappa shape index (κ1) is 17.9. The maximum Gasteiger partial charge on any atom is 0.169 e. The van der Waals surface area contributed by atoms with E-state index in [0.717, 1.165) is 57.4 Å². The minimum Gasteiger partial charge on any atom is -0.385 e. The van der Waals surface area contributed by atoms with E-state index in [1.807, 2.05) is 6.07 Å². The molecule has 0 bridgehead atoms. The molecule has 1 aromatic carbocycles. The summed E-state index contributed by atoms with van der Waals surface area (Å²) in [6, 6.07) is 10.4. The number of ether oxygens (including phenoxy) is 1. The van der Waals surface area contributed by atoms with Gasteiger partial charge in [-0.05, 0) is 24.2 Å². The van der Waals surface area contributed by atoms with Crippen molar-refractivity contribution in [2.45, 2.75) is 6.42 Å². The second-order valence-electron chi connectivity index (χ2n) is 5.68. The third-order valence-corrected chi connectivity index (χ3v) is 4.34. The Kier molecular flexibility index (Phi) is 8.07. The minimum atomic E-state index is 0.775. The van der Waals surface area contributed by atoms with Crippen LogP contribution in [-0.2, 0) is 4.74 Å². The summed E-state index contributed by atoms with van der Waals surface area (Å²) >= 11 is 5.46. The smallest absolute Gasteiger partial charge is 0.169 e. The van der Waals surface area contributed by atoms with Crippen molar-refractivity contribution in [3.8, 4) is 0 Å². The Morgan fingerprint density at radius 3 is 2.65 bits per heavy atom. The van der Waals surface area contributed by atoms with Crippen molar-refractivity contribution >= 4 is 23.4 Å². The van der Waals surface area contributed by atoms with Gasteiger partial charge in [0.05, 0.1) is 0 Å². The zero-order valence-electron chi connectivity index (χ0n) is 13.9. The van der Waals surface area contributed by atoms with Gasteiger partial charge in [-0.2, -0.15) is 0 Å². The minimum absolute atomic E-state index is 0.775. The second kappa shape index (κ2) is 10.4. The monoisotopic (exact) mass is 333 g/mol. The van der Waals surface area contributed by atoms with Gasteiger partial charge in [0.25, 0.3) is 0 Å². The fourth-order valence-electron chi connectivity index (χ4n) is 2.56. The number of hydrogen-bond acceptors (Lipinski definition) is 3. The number of piperazine rings is 1. The molecule has 0 saturated carbocycles. The van der Waals surface area contributed by atoms with E-state index in [1.165, 1.54) is 5.56 Å². The van der Waals surface area contributed by atoms with Gasteiger partial charge in [-0.15, -0.1) is 0 Å². The average Bonchev–Trinajstić information content (AvgIpc) is 2.60. The van der Waals surface area contributed by atoms with Crippen LogP contribution in [0.1, 0.15) is 12.0 Å². The van der Waals surface area contributed by atoms with Gasteiger partial charge in [0, 0.05) is 53.0 Å². The normalized spacial score (nSPS) is 16.0. The van der Waals surface area contributed by atoms with Crippen LogP contribution < -0.4 is 5.32 Å². The van der Waals surface area contributed by atoms with Crippen LogP contribution in [0.15, 0.2) is 36.4 Å². The molecule has 1 N–H and O–H groups in total. The summed E-state index contributed by atoms with van der Waals surface area (Å²) in [7, 11) is 1.73. The Morgan fingerprint density at radius 1 is 1.22 bits per heavy atom. The third-order valence-electron chi connectivity index (χ3n) is 3.93. The van der Waals surface area contributed by atoms with Crippen molar-refractivity contribution in [1.29, 1.82) is 0 Å². The zero-order chi connectivity index (χ0) is 16.3. The molecule has 126 valence electrons. The van der Waals surface area contributed by atoms with Gasteiger partial charge in [-0.3, -0.25) is 4.90 Å². The van der Waals surface area contributed by atoms with E-state index >= 15 is 0 Å². The highest BCUT2D eigenvalue weighted by Crippen LogP contribution is 2.05. The Bertz CT molecular complexity index is 484. The van der Waals surface area contributed by atoms with Crippen LogP contribution >= 0.6 is 12.2 Å². The highest BCUT2D eigenvalue weighted by molar-refractivity contribution is 7.80. The van der Waals surface area contributed by atoms with Gasteiger partial charge in [0.1, 0.15) is 0 Å². The van der Waals surface area contributed by atoms with Crippen LogP contribution in [0.5, 0.6) is 0 Å². The van der Waals surface area contributed by atoms with Crippen LogP contribution in [0, 0.1) is 0 Å². The number of nitrogens with one attached hydrogen (secondary N) is 1. The predicted molar refractivity (Wildman–Crippen MR) is 101 cm³/mol. The third kappa shape index (κ3) is 6.69. The molecule has 4 nitrogen and oxygen atoms in total. The molecule has 1 aliphatic rings. The van der Waals surface area contributed by atoms with Crippen LogP contribution in [0.3, 0.4) is 0 Å². The van der Waals surface area contributed by atoms with Crippen LogP contribution in [0.4, 0.5) is 0 Å². The van der Waals surface area contributed by atoms with Crippen molar-refractivity contribution in [3.63, 3.8) is 0 Å². The molecule has 1 aromatic rings. The molecule has 0 radical (unpaired) electrons. The molecule has 0 atom stereocenters. The second-order valence-corrected chi connectivity index (χ2v) is 6.07. The molecule has 23 heavy (non-hydrogen) atoms. The van der Waals surface area contributed by atoms with E-state index in [2.05, 4.69) is 51.5 Å². The van der Waals surface area contributed by atoms with E-state index in [1.54, 1.807) is 7.11 Å². The molecular weight excluding hydrogens is 306 g/mol. The SMILES string of the molecule is COCCCNC(=S)N1CCN(C/C=C/c2ccccc2)CC1. The lowest BCUT2D eigenvalue weighted by Gasteiger charge is -2.35. The van der Waals surface area contributed by atoms with Crippen molar-refractivity contribution in [2.75, 3.05) is 53.0 Å². The zero-order valence-corrected chi connectivity index (χ0v) is 14.7. The van der Waals surface area contributed by atoms with Gasteiger partial charge in [-0.25, -0.2) is 0 Å². The standard InChI is InChI=1S/C18H27N3OS/c1-22-16-6-10-19-18(23)21-14-12-20(13-15-21)11-5-9-17-7-3-2-4-8-17/h2-5,7-9H,6,10-16H2,1H3,(H,19,23)/b9-5+. The van der Waals surface area contributed by atoms with Crippen LogP contribution in [0.2, 0.25) is 0 Å². The molecule has 1 heterocycles. The number of hydrogen-bond donors (Lipinski definition) is 1. The average molecular weight is 334 g/mol. The molecular formula is C18H27N3OS. The first-order valence-electron chi connectivity index (χ1n) is 8.25. The molecule has 0 unspecified atom stereocenters. The van der Waals surface area contributed by atoms with Crippen molar-refractivity contribution in [3.05, 3.63) is 42.0 Å². The first-order valence-corrected chi connectivity index (χ1v) is 8.66. The maximum atomic E-state index is 5.46. The van der Waals surface area contributed by atoms with Crippen molar-refractivity contribution < 1.29 is 4.74 Å². The number of nitrogens with zero attached hydrogens (tertiary/aromatic N) is 2. The number of thiocarbonyl (C=S) groups is 1. The topological polar surface area (TPSA) is 27.7 Å². The Morgan fingerprint density at radius 2 is 1.96 bits per heavy atom. The molecule has 2 rings (SSSR count). The molecule has 0 aromatic heterocycles. The Labute approximate surface area is 145 Å². The van der Waals surface area contributed by atoms with Crippen molar-refractivity contribution in [2.24, 2.45) is 0 Å². The summed E-state index contributed by atoms with van der Waals surface area (Å²) in [6.45, 7) is 6.75. The molecule has 0 amide bonds. The lowest BCUT2D eigenvalue weighted by atomic mass is 10.2. The fraction of sp³-hybridized carbons (Fsp3) is 0.500. The summed E-state index contributed by atoms with van der Waals surface area (Å²) in [6.07, 6.45) is 5.42. The van der Waals surface area contributed by atoms with Gasteiger partial charge in [0.2, 0.25) is 0 Å². The molecule has 5 heteroatoms. The molecule has 1 fully saturated rings. The van der Waals surface area contributed by atoms with Crippen molar-refractivity contribution in [1.82, 2.24) is 15.1 Å². The van der Waals surface area contributed by atoms with E-state index in [4.69, 9.17) is 17.0 Å². The number of benzene rings is 1. The lowest BCUT2D eigenvalue weighted by molar-refractivity contribution is 0.190. The lowest BCUT2D eigenvalue weighted by Crippen LogP contribution is -2.51. The quantitative estimate of drug-likeness (QED) is 0.610. The summed E-state index contributed by atoms with van der Waals surface area (Å²) in [5.74, 6) is 0. The number of rotatable bonds is 7. The number of methoxy groups -OCH3 is 1. The Balaban J connectivity index is 1.63. The summed E-state index contributed by atoms with van der Waals surface area (Å²) in [5.41, 5.74) is 1.26. The van der Waals surface area contributed by atoms with E-state index < -0.39 is 0 Å². The molecule has 1 saturated heterocycles. The van der Waals surface area contributed by atoms with E-state index in [9.17, 15) is 0 Å². The van der Waals surface area contributed by atoms with Gasteiger partial charge in [-0.1, -0.05) is 42.5 Å². The van der Waals surface area contributed by atoms with Crippen LogP contribution in [-0.4, -0.2) is 67.9 Å². The molecule has 0 aliphatic carbocycles. The first-order chi connectivity index (χ1) is 11.3. The fourth-order valence-corrected chi connectivity index (χ4v) is 2.84. The largest absolute Gasteiger partial charge is 0.385 e.